The van der Waals surface area contributed by atoms with Crippen LogP contribution in [0.1, 0.15) is 54.4 Å². The van der Waals surface area contributed by atoms with E-state index in [4.69, 9.17) is 14.2 Å². The van der Waals surface area contributed by atoms with Gasteiger partial charge in [0.1, 0.15) is 17.7 Å². The van der Waals surface area contributed by atoms with Crippen LogP contribution in [0.15, 0.2) is 54.6 Å². The molecule has 1 saturated heterocycles. The molecule has 0 spiro atoms. The van der Waals surface area contributed by atoms with E-state index in [1.54, 1.807) is 49.6 Å². The van der Waals surface area contributed by atoms with E-state index in [2.05, 4.69) is 0 Å². The molecule has 3 aromatic rings. The summed E-state index contributed by atoms with van der Waals surface area (Å²) in [5.41, 5.74) is 2.63. The third-order valence-electron chi connectivity index (χ3n) is 6.88. The monoisotopic (exact) mass is 468 g/mol. The highest BCUT2D eigenvalue weighted by Gasteiger charge is 2.28. The Morgan fingerprint density at radius 3 is 2.26 bits per heavy atom. The van der Waals surface area contributed by atoms with Crippen molar-refractivity contribution >= 4 is 0 Å². The van der Waals surface area contributed by atoms with Crippen molar-refractivity contribution in [1.29, 1.82) is 0 Å². The molecule has 0 bridgehead atoms. The fourth-order valence-electron chi connectivity index (χ4n) is 4.74. The van der Waals surface area contributed by atoms with E-state index in [9.17, 15) is 8.78 Å². The van der Waals surface area contributed by atoms with Crippen LogP contribution in [0.5, 0.6) is 5.75 Å². The van der Waals surface area contributed by atoms with Gasteiger partial charge >= 0.3 is 0 Å². The van der Waals surface area contributed by atoms with Gasteiger partial charge in [-0.25, -0.2) is 13.2 Å². The molecule has 3 aromatic carbocycles. The van der Waals surface area contributed by atoms with Gasteiger partial charge in [0.05, 0.1) is 26.4 Å². The molecule has 3 nitrogen and oxygen atoms in total. The number of halogens is 3. The van der Waals surface area contributed by atoms with Crippen LogP contribution in [0.25, 0.3) is 11.1 Å². The number of hydrogen-bond acceptors (Lipinski definition) is 3. The lowest BCUT2D eigenvalue weighted by Gasteiger charge is -2.29. The molecular formula is C28H27F3O3. The molecule has 1 atom stereocenters. The second-order valence-electron chi connectivity index (χ2n) is 9.02. The molecule has 178 valence electrons. The van der Waals surface area contributed by atoms with Gasteiger partial charge in [-0.1, -0.05) is 36.4 Å². The predicted octanol–water partition coefficient (Wildman–Crippen LogP) is 7.09. The Balaban J connectivity index is 1.19. The zero-order valence-electron chi connectivity index (χ0n) is 19.0. The maximum atomic E-state index is 15.0. The van der Waals surface area contributed by atoms with Crippen LogP contribution in [0.2, 0.25) is 0 Å². The quantitative estimate of drug-likeness (QED) is 0.347. The first-order valence-electron chi connectivity index (χ1n) is 11.7. The topological polar surface area (TPSA) is 31.0 Å². The molecule has 34 heavy (non-hydrogen) atoms. The van der Waals surface area contributed by atoms with Crippen molar-refractivity contribution in [3.05, 3.63) is 88.7 Å². The standard InChI is InChI=1S/C28H27F3O3/c1-32-21-8-4-17(5-9-21)23-12-13-24(28(31)27(23)30)18-6-10-22(11-7-18)33-15-20-3-2-19(14-25(20)29)26-16-34-26/h2-5,8-9,12-14,18,22,26H,6-7,10-11,15-16H2,1H3. The van der Waals surface area contributed by atoms with Crippen LogP contribution in [0, 0.1) is 17.5 Å². The molecule has 1 aliphatic carbocycles. The molecule has 2 fully saturated rings. The van der Waals surface area contributed by atoms with Crippen molar-refractivity contribution in [2.24, 2.45) is 0 Å². The highest BCUT2D eigenvalue weighted by Crippen LogP contribution is 2.38. The van der Waals surface area contributed by atoms with Crippen LogP contribution < -0.4 is 4.74 Å². The second-order valence-corrected chi connectivity index (χ2v) is 9.02. The van der Waals surface area contributed by atoms with Gasteiger partial charge in [-0.15, -0.1) is 0 Å². The summed E-state index contributed by atoms with van der Waals surface area (Å²) in [4.78, 5) is 0. The minimum Gasteiger partial charge on any atom is -0.497 e. The smallest absolute Gasteiger partial charge is 0.166 e. The average Bonchev–Trinajstić information content (AvgIpc) is 3.71. The number of rotatable bonds is 7. The van der Waals surface area contributed by atoms with Crippen molar-refractivity contribution < 1.29 is 27.4 Å². The van der Waals surface area contributed by atoms with Gasteiger partial charge in [0.25, 0.3) is 0 Å². The van der Waals surface area contributed by atoms with Crippen LogP contribution in [0.4, 0.5) is 13.2 Å². The second kappa shape index (κ2) is 9.80. The summed E-state index contributed by atoms with van der Waals surface area (Å²) in [6.45, 7) is 0.847. The number of epoxide rings is 1. The van der Waals surface area contributed by atoms with Crippen molar-refractivity contribution in [1.82, 2.24) is 0 Å². The third-order valence-corrected chi connectivity index (χ3v) is 6.88. The Morgan fingerprint density at radius 1 is 0.882 bits per heavy atom. The first-order chi connectivity index (χ1) is 16.5. The summed E-state index contributed by atoms with van der Waals surface area (Å²) in [5.74, 6) is -1.28. The van der Waals surface area contributed by atoms with E-state index in [1.807, 2.05) is 6.07 Å². The van der Waals surface area contributed by atoms with E-state index >= 15 is 4.39 Å². The maximum Gasteiger partial charge on any atom is 0.166 e. The van der Waals surface area contributed by atoms with Crippen LogP contribution in [-0.4, -0.2) is 19.8 Å². The highest BCUT2D eigenvalue weighted by atomic mass is 19.2. The maximum absolute atomic E-state index is 15.0. The first kappa shape index (κ1) is 22.9. The molecule has 1 saturated carbocycles. The zero-order valence-corrected chi connectivity index (χ0v) is 19.0. The van der Waals surface area contributed by atoms with Gasteiger partial charge in [0, 0.05) is 11.1 Å². The molecule has 0 aromatic heterocycles. The third kappa shape index (κ3) is 4.84. The lowest BCUT2D eigenvalue weighted by Crippen LogP contribution is -2.21. The van der Waals surface area contributed by atoms with Gasteiger partial charge in [0.15, 0.2) is 11.6 Å². The summed E-state index contributed by atoms with van der Waals surface area (Å²) >= 11 is 0. The van der Waals surface area contributed by atoms with Gasteiger partial charge in [0.2, 0.25) is 0 Å². The summed E-state index contributed by atoms with van der Waals surface area (Å²) in [6.07, 6.45) is 2.85. The van der Waals surface area contributed by atoms with Crippen molar-refractivity contribution in [3.63, 3.8) is 0 Å². The fraction of sp³-hybridized carbons (Fsp3) is 0.357. The Morgan fingerprint density at radius 2 is 1.62 bits per heavy atom. The highest BCUT2D eigenvalue weighted by molar-refractivity contribution is 5.65. The molecule has 5 rings (SSSR count). The van der Waals surface area contributed by atoms with E-state index in [0.29, 0.717) is 41.9 Å². The number of benzene rings is 3. The van der Waals surface area contributed by atoms with E-state index < -0.39 is 11.6 Å². The molecular weight excluding hydrogens is 441 g/mol. The molecule has 1 heterocycles. The SMILES string of the molecule is COc1ccc(-c2ccc(C3CCC(OCc4ccc(C5CO5)cc4F)CC3)c(F)c2F)cc1. The molecule has 1 aliphatic heterocycles. The lowest BCUT2D eigenvalue weighted by atomic mass is 9.82. The number of hydrogen-bond donors (Lipinski definition) is 0. The zero-order chi connectivity index (χ0) is 23.7. The summed E-state index contributed by atoms with van der Waals surface area (Å²) < 4.78 is 60.5. The Hall–Kier alpha value is -2.83. The fourth-order valence-corrected chi connectivity index (χ4v) is 4.74. The van der Waals surface area contributed by atoms with E-state index in [-0.39, 0.29) is 36.1 Å². The lowest BCUT2D eigenvalue weighted by molar-refractivity contribution is 0.0118. The number of methoxy groups -OCH3 is 1. The van der Waals surface area contributed by atoms with Crippen LogP contribution in [-0.2, 0) is 16.1 Å². The largest absolute Gasteiger partial charge is 0.497 e. The van der Waals surface area contributed by atoms with Crippen LogP contribution in [0.3, 0.4) is 0 Å². The van der Waals surface area contributed by atoms with Gasteiger partial charge < -0.3 is 14.2 Å². The van der Waals surface area contributed by atoms with E-state index in [1.165, 1.54) is 6.07 Å². The normalized spacial score (nSPS) is 21.9. The first-order valence-corrected chi connectivity index (χ1v) is 11.7. The van der Waals surface area contributed by atoms with Crippen molar-refractivity contribution in [3.8, 4) is 16.9 Å². The average molecular weight is 469 g/mol. The Labute approximate surface area is 197 Å². The van der Waals surface area contributed by atoms with Crippen molar-refractivity contribution in [2.75, 3.05) is 13.7 Å². The summed E-state index contributed by atoms with van der Waals surface area (Å²) in [5, 5.41) is 0. The van der Waals surface area contributed by atoms with Crippen molar-refractivity contribution in [2.45, 2.75) is 50.4 Å². The molecule has 1 unspecified atom stereocenters. The van der Waals surface area contributed by atoms with Gasteiger partial charge in [-0.05, 0) is 66.5 Å². The summed E-state index contributed by atoms with van der Waals surface area (Å²) in [7, 11) is 1.56. The molecule has 2 aliphatic rings. The molecule has 0 amide bonds. The van der Waals surface area contributed by atoms with Crippen LogP contribution >= 0.6 is 0 Å². The number of ether oxygens (including phenoxy) is 3. The van der Waals surface area contributed by atoms with Gasteiger partial charge in [-0.3, -0.25) is 0 Å². The molecule has 0 radical (unpaired) electrons. The Kier molecular flexibility index (Phi) is 6.61. The predicted molar refractivity (Wildman–Crippen MR) is 123 cm³/mol. The minimum atomic E-state index is -0.823. The van der Waals surface area contributed by atoms with E-state index in [0.717, 1.165) is 18.4 Å². The Bertz CT molecular complexity index is 1150. The minimum absolute atomic E-state index is 0.0198. The van der Waals surface area contributed by atoms with Gasteiger partial charge in [-0.2, -0.15) is 0 Å². The molecule has 0 N–H and O–H groups in total. The summed E-state index contributed by atoms with van der Waals surface area (Å²) in [6, 6.07) is 15.4. The molecule has 6 heteroatoms.